The van der Waals surface area contributed by atoms with Gasteiger partial charge in [-0.3, -0.25) is 0 Å². The van der Waals surface area contributed by atoms with E-state index in [4.69, 9.17) is 17.3 Å². The number of nitrogens with two attached hydrogens (primary N) is 1. The smallest absolute Gasteiger partial charge is 0.223 e. The maximum absolute atomic E-state index is 5.71. The molecule has 0 unspecified atom stereocenters. The lowest BCUT2D eigenvalue weighted by Crippen LogP contribution is -2.01. The lowest BCUT2D eigenvalue weighted by atomic mass is 10.2. The van der Waals surface area contributed by atoms with Crippen LogP contribution in [0.3, 0.4) is 0 Å². The molecule has 0 aliphatic carbocycles. The van der Waals surface area contributed by atoms with E-state index >= 15 is 0 Å². The van der Waals surface area contributed by atoms with E-state index in [0.717, 1.165) is 5.57 Å². The molecule has 1 rings (SSSR count). The Morgan fingerprint density at radius 1 is 1.50 bits per heavy atom. The van der Waals surface area contributed by atoms with Crippen LogP contribution in [-0.2, 0) is 0 Å². The zero-order chi connectivity index (χ0) is 9.30. The fourth-order valence-corrected chi connectivity index (χ4v) is 1.08. The number of aromatic nitrogens is 2. The first-order valence-electron chi connectivity index (χ1n) is 3.48. The minimum absolute atomic E-state index is 0.208. The van der Waals surface area contributed by atoms with E-state index in [1.807, 2.05) is 6.92 Å². The largest absolute Gasteiger partial charge is 0.395 e. The minimum Gasteiger partial charge on any atom is -0.395 e. The van der Waals surface area contributed by atoms with Crippen molar-refractivity contribution in [2.45, 2.75) is 13.8 Å². The highest BCUT2D eigenvalue weighted by molar-refractivity contribution is 6.28. The second kappa shape index (κ2) is 3.11. The summed E-state index contributed by atoms with van der Waals surface area (Å²) in [6.45, 7) is 7.35. The number of aryl methyl sites for hydroxylation is 1. The molecule has 0 saturated heterocycles. The third-order valence-electron chi connectivity index (χ3n) is 1.51. The Hall–Kier alpha value is -1.09. The van der Waals surface area contributed by atoms with Gasteiger partial charge in [0.2, 0.25) is 5.28 Å². The molecule has 0 spiro atoms. The first-order chi connectivity index (χ1) is 5.52. The average molecular weight is 184 g/mol. The van der Waals surface area contributed by atoms with Gasteiger partial charge in [-0.25, -0.2) is 9.97 Å². The van der Waals surface area contributed by atoms with Gasteiger partial charge in [-0.2, -0.15) is 0 Å². The van der Waals surface area contributed by atoms with E-state index in [1.165, 1.54) is 0 Å². The van der Waals surface area contributed by atoms with Crippen LogP contribution in [0.2, 0.25) is 5.28 Å². The van der Waals surface area contributed by atoms with Gasteiger partial charge in [0.1, 0.15) is 0 Å². The van der Waals surface area contributed by atoms with Crippen LogP contribution in [0.15, 0.2) is 6.58 Å². The quantitative estimate of drug-likeness (QED) is 0.678. The lowest BCUT2D eigenvalue weighted by molar-refractivity contribution is 1.09. The number of halogens is 1. The number of hydrogen-bond donors (Lipinski definition) is 1. The van der Waals surface area contributed by atoms with Crippen molar-refractivity contribution in [3.8, 4) is 0 Å². The summed E-state index contributed by atoms with van der Waals surface area (Å²) < 4.78 is 0. The molecule has 2 N–H and O–H groups in total. The number of hydrogen-bond acceptors (Lipinski definition) is 3. The van der Waals surface area contributed by atoms with Crippen LogP contribution < -0.4 is 5.73 Å². The van der Waals surface area contributed by atoms with Gasteiger partial charge in [-0.1, -0.05) is 6.58 Å². The summed E-state index contributed by atoms with van der Waals surface area (Å²) in [6, 6.07) is 0. The van der Waals surface area contributed by atoms with E-state index in [1.54, 1.807) is 6.92 Å². The van der Waals surface area contributed by atoms with Crippen molar-refractivity contribution in [2.75, 3.05) is 5.73 Å². The Morgan fingerprint density at radius 2 is 2.08 bits per heavy atom. The highest BCUT2D eigenvalue weighted by atomic mass is 35.5. The van der Waals surface area contributed by atoms with E-state index in [9.17, 15) is 0 Å². The Balaban J connectivity index is 3.37. The highest BCUT2D eigenvalue weighted by Gasteiger charge is 2.07. The van der Waals surface area contributed by atoms with Gasteiger partial charge < -0.3 is 5.73 Å². The molecular formula is C8H10ClN3. The first kappa shape index (κ1) is 9.00. The number of rotatable bonds is 1. The molecule has 0 atom stereocenters. The van der Waals surface area contributed by atoms with Gasteiger partial charge in [-0.15, -0.1) is 0 Å². The molecule has 4 heteroatoms. The maximum atomic E-state index is 5.71. The van der Waals surface area contributed by atoms with Gasteiger partial charge >= 0.3 is 0 Å². The summed E-state index contributed by atoms with van der Waals surface area (Å²) in [5.74, 6) is 0. The Labute approximate surface area is 76.3 Å². The Kier molecular flexibility index (Phi) is 2.33. The van der Waals surface area contributed by atoms with Crippen molar-refractivity contribution in [3.05, 3.63) is 23.3 Å². The SMILES string of the molecule is C=C(C)c1nc(Cl)nc(C)c1N. The van der Waals surface area contributed by atoms with Gasteiger partial charge in [-0.05, 0) is 31.0 Å². The van der Waals surface area contributed by atoms with Crippen LogP contribution in [0, 0.1) is 6.92 Å². The topological polar surface area (TPSA) is 51.8 Å². The van der Waals surface area contributed by atoms with Crippen molar-refractivity contribution < 1.29 is 0 Å². The van der Waals surface area contributed by atoms with Gasteiger partial charge in [0, 0.05) is 0 Å². The van der Waals surface area contributed by atoms with Crippen molar-refractivity contribution in [1.82, 2.24) is 9.97 Å². The number of allylic oxidation sites excluding steroid dienone is 1. The maximum Gasteiger partial charge on any atom is 0.223 e. The van der Waals surface area contributed by atoms with E-state index < -0.39 is 0 Å². The molecule has 0 radical (unpaired) electrons. The highest BCUT2D eigenvalue weighted by Crippen LogP contribution is 2.21. The van der Waals surface area contributed by atoms with Crippen LogP contribution in [0.5, 0.6) is 0 Å². The molecule has 0 aliphatic rings. The summed E-state index contributed by atoms with van der Waals surface area (Å²) in [7, 11) is 0. The summed E-state index contributed by atoms with van der Waals surface area (Å²) in [6.07, 6.45) is 0. The molecule has 1 heterocycles. The molecule has 3 nitrogen and oxygen atoms in total. The molecule has 0 aromatic carbocycles. The average Bonchev–Trinajstić information content (AvgIpc) is 1.96. The van der Waals surface area contributed by atoms with Crippen molar-refractivity contribution in [3.63, 3.8) is 0 Å². The van der Waals surface area contributed by atoms with Crippen LogP contribution in [0.4, 0.5) is 5.69 Å². The molecule has 0 aliphatic heterocycles. The van der Waals surface area contributed by atoms with Crippen LogP contribution >= 0.6 is 11.6 Å². The third-order valence-corrected chi connectivity index (χ3v) is 1.68. The molecule has 0 fully saturated rings. The van der Waals surface area contributed by atoms with E-state index in [-0.39, 0.29) is 5.28 Å². The van der Waals surface area contributed by atoms with Gasteiger partial charge in [0.15, 0.2) is 0 Å². The molecule has 12 heavy (non-hydrogen) atoms. The third kappa shape index (κ3) is 1.56. The number of nitrogen functional groups attached to an aromatic ring is 1. The van der Waals surface area contributed by atoms with Gasteiger partial charge in [0.05, 0.1) is 17.1 Å². The molecule has 1 aromatic heterocycles. The predicted octanol–water partition coefficient (Wildman–Crippen LogP) is 2.05. The van der Waals surface area contributed by atoms with Crippen LogP contribution in [0.1, 0.15) is 18.3 Å². The number of nitrogens with zero attached hydrogens (tertiary/aromatic N) is 2. The summed E-state index contributed by atoms with van der Waals surface area (Å²) in [5, 5.41) is 0.208. The van der Waals surface area contributed by atoms with E-state index in [2.05, 4.69) is 16.5 Å². The lowest BCUT2D eigenvalue weighted by Gasteiger charge is -2.05. The van der Waals surface area contributed by atoms with Gasteiger partial charge in [0.25, 0.3) is 0 Å². The van der Waals surface area contributed by atoms with Crippen LogP contribution in [-0.4, -0.2) is 9.97 Å². The fraction of sp³-hybridized carbons (Fsp3) is 0.250. The molecule has 64 valence electrons. The molecule has 0 amide bonds. The zero-order valence-corrected chi connectivity index (χ0v) is 7.81. The van der Waals surface area contributed by atoms with Crippen molar-refractivity contribution in [2.24, 2.45) is 0 Å². The summed E-state index contributed by atoms with van der Waals surface area (Å²) in [4.78, 5) is 7.87. The number of anilines is 1. The predicted molar refractivity (Wildman–Crippen MR) is 50.9 cm³/mol. The van der Waals surface area contributed by atoms with Crippen molar-refractivity contribution in [1.29, 1.82) is 0 Å². The second-order valence-corrected chi connectivity index (χ2v) is 2.96. The van der Waals surface area contributed by atoms with Crippen molar-refractivity contribution >= 4 is 22.9 Å². The first-order valence-corrected chi connectivity index (χ1v) is 3.85. The second-order valence-electron chi connectivity index (χ2n) is 2.62. The summed E-state index contributed by atoms with van der Waals surface area (Å²) in [5.41, 5.74) is 8.37. The zero-order valence-electron chi connectivity index (χ0n) is 7.06. The molecule has 0 bridgehead atoms. The van der Waals surface area contributed by atoms with E-state index in [0.29, 0.717) is 17.1 Å². The monoisotopic (exact) mass is 183 g/mol. The minimum atomic E-state index is 0.208. The molecule has 0 saturated carbocycles. The Bertz CT molecular complexity index is 333. The normalized spacial score (nSPS) is 9.92. The standard InChI is InChI=1S/C8H10ClN3/c1-4(2)7-6(10)5(3)11-8(9)12-7/h1,10H2,2-3H3. The van der Waals surface area contributed by atoms with Crippen LogP contribution in [0.25, 0.3) is 5.57 Å². The Morgan fingerprint density at radius 3 is 2.58 bits per heavy atom. The molecule has 1 aromatic rings. The molecular weight excluding hydrogens is 174 g/mol. The fourth-order valence-electron chi connectivity index (χ4n) is 0.873. The summed E-state index contributed by atoms with van der Waals surface area (Å²) >= 11 is 5.65.